The monoisotopic (exact) mass is 339 g/mol. The number of nitrogens with one attached hydrogen (secondary N) is 2. The Morgan fingerprint density at radius 1 is 0.958 bits per heavy atom. The highest BCUT2D eigenvalue weighted by Gasteiger charge is 2.03. The van der Waals surface area contributed by atoms with Crippen LogP contribution in [0.4, 0.5) is 5.82 Å². The lowest BCUT2D eigenvalue weighted by Gasteiger charge is -2.08. The molecule has 0 aliphatic rings. The number of pyridine rings is 1. The lowest BCUT2D eigenvalue weighted by molar-refractivity contribution is -0.120. The van der Waals surface area contributed by atoms with Gasteiger partial charge in [-0.25, -0.2) is 4.98 Å². The first-order chi connectivity index (χ1) is 11.7. The molecule has 0 aliphatic carbocycles. The number of rotatable bonds is 6. The number of anilines is 1. The zero-order valence-corrected chi connectivity index (χ0v) is 13.9. The van der Waals surface area contributed by atoms with Crippen molar-refractivity contribution in [3.8, 4) is 0 Å². The number of nitrogens with zero attached hydrogens (tertiary/aromatic N) is 1. The van der Waals surface area contributed by atoms with Gasteiger partial charge in [0.25, 0.3) is 0 Å². The van der Waals surface area contributed by atoms with Crippen LogP contribution in [0.3, 0.4) is 0 Å². The molecule has 1 amide bonds. The summed E-state index contributed by atoms with van der Waals surface area (Å²) in [6, 6.07) is 19.2. The first-order valence-electron chi connectivity index (χ1n) is 7.81. The Morgan fingerprint density at radius 2 is 1.75 bits per heavy atom. The van der Waals surface area contributed by atoms with E-state index in [4.69, 9.17) is 11.6 Å². The van der Waals surface area contributed by atoms with Crippen molar-refractivity contribution in [3.63, 3.8) is 0 Å². The fourth-order valence-corrected chi connectivity index (χ4v) is 2.53. The van der Waals surface area contributed by atoms with Gasteiger partial charge < -0.3 is 10.6 Å². The van der Waals surface area contributed by atoms with Gasteiger partial charge in [-0.3, -0.25) is 4.79 Å². The Balaban J connectivity index is 1.44. The molecule has 0 unspecified atom stereocenters. The molecule has 1 aromatic heterocycles. The second-order valence-corrected chi connectivity index (χ2v) is 5.91. The van der Waals surface area contributed by atoms with Crippen molar-refractivity contribution in [3.05, 3.63) is 71.2 Å². The molecular formula is C19H18ClN3O. The van der Waals surface area contributed by atoms with Crippen LogP contribution in [0.2, 0.25) is 5.02 Å². The summed E-state index contributed by atoms with van der Waals surface area (Å²) in [6.45, 7) is 1.17. The topological polar surface area (TPSA) is 54.0 Å². The molecule has 5 heteroatoms. The molecule has 3 aromatic rings. The molecule has 24 heavy (non-hydrogen) atoms. The van der Waals surface area contributed by atoms with Crippen LogP contribution < -0.4 is 10.6 Å². The van der Waals surface area contributed by atoms with E-state index in [1.165, 1.54) is 0 Å². The minimum Gasteiger partial charge on any atom is -0.368 e. The van der Waals surface area contributed by atoms with Gasteiger partial charge in [0.2, 0.25) is 5.91 Å². The van der Waals surface area contributed by atoms with Crippen molar-refractivity contribution >= 4 is 34.2 Å². The number of amides is 1. The van der Waals surface area contributed by atoms with Gasteiger partial charge in [-0.15, -0.1) is 0 Å². The van der Waals surface area contributed by atoms with Crippen molar-refractivity contribution in [1.82, 2.24) is 10.3 Å². The molecule has 0 radical (unpaired) electrons. The maximum atomic E-state index is 11.9. The number of hydrogen-bond acceptors (Lipinski definition) is 3. The third-order valence-electron chi connectivity index (χ3n) is 3.63. The lowest BCUT2D eigenvalue weighted by Crippen LogP contribution is -2.30. The maximum absolute atomic E-state index is 11.9. The third kappa shape index (κ3) is 4.46. The van der Waals surface area contributed by atoms with Crippen molar-refractivity contribution in [1.29, 1.82) is 0 Å². The van der Waals surface area contributed by atoms with Crippen molar-refractivity contribution in [2.24, 2.45) is 0 Å². The van der Waals surface area contributed by atoms with Gasteiger partial charge >= 0.3 is 0 Å². The van der Waals surface area contributed by atoms with Crippen molar-refractivity contribution in [2.75, 3.05) is 18.4 Å². The Bertz CT molecular complexity index is 833. The summed E-state index contributed by atoms with van der Waals surface area (Å²) in [7, 11) is 0. The smallest absolute Gasteiger partial charge is 0.224 e. The van der Waals surface area contributed by atoms with E-state index in [0.717, 1.165) is 22.3 Å². The predicted octanol–water partition coefficient (Wildman–Crippen LogP) is 3.66. The minimum absolute atomic E-state index is 0.00871. The van der Waals surface area contributed by atoms with Gasteiger partial charge in [-0.05, 0) is 35.9 Å². The number of aromatic nitrogens is 1. The fourth-order valence-electron chi connectivity index (χ4n) is 2.41. The normalized spacial score (nSPS) is 10.5. The first kappa shape index (κ1) is 16.3. The molecule has 0 bridgehead atoms. The van der Waals surface area contributed by atoms with Crippen LogP contribution >= 0.6 is 11.6 Å². The van der Waals surface area contributed by atoms with Crippen LogP contribution in [0.5, 0.6) is 0 Å². The number of para-hydroxylation sites is 1. The van der Waals surface area contributed by atoms with E-state index in [1.807, 2.05) is 48.5 Å². The summed E-state index contributed by atoms with van der Waals surface area (Å²) < 4.78 is 0. The Labute approximate surface area is 145 Å². The van der Waals surface area contributed by atoms with Crippen LogP contribution in [-0.4, -0.2) is 24.0 Å². The number of benzene rings is 2. The van der Waals surface area contributed by atoms with E-state index in [-0.39, 0.29) is 5.91 Å². The molecule has 0 atom stereocenters. The molecule has 2 aromatic carbocycles. The highest BCUT2D eigenvalue weighted by Crippen LogP contribution is 2.14. The molecule has 3 rings (SSSR count). The Kier molecular flexibility index (Phi) is 5.29. The van der Waals surface area contributed by atoms with Crippen LogP contribution in [0.15, 0.2) is 60.7 Å². The van der Waals surface area contributed by atoms with Crippen LogP contribution in [0.25, 0.3) is 10.9 Å². The molecule has 0 fully saturated rings. The highest BCUT2D eigenvalue weighted by molar-refractivity contribution is 6.30. The molecular weight excluding hydrogens is 322 g/mol. The molecule has 2 N–H and O–H groups in total. The highest BCUT2D eigenvalue weighted by atomic mass is 35.5. The molecule has 0 spiro atoms. The standard InChI is InChI=1S/C19H18ClN3O/c20-16-8-5-14(6-9-16)13-19(24)22-12-11-21-18-10-7-15-3-1-2-4-17(15)23-18/h1-10H,11-13H2,(H,21,23)(H,22,24). The largest absolute Gasteiger partial charge is 0.368 e. The molecule has 0 aliphatic heterocycles. The fraction of sp³-hybridized carbons (Fsp3) is 0.158. The molecule has 4 nitrogen and oxygen atoms in total. The van der Waals surface area contributed by atoms with Gasteiger partial charge in [-0.2, -0.15) is 0 Å². The minimum atomic E-state index is -0.00871. The van der Waals surface area contributed by atoms with Gasteiger partial charge in [0.05, 0.1) is 11.9 Å². The van der Waals surface area contributed by atoms with Crippen molar-refractivity contribution in [2.45, 2.75) is 6.42 Å². The average molecular weight is 340 g/mol. The summed E-state index contributed by atoms with van der Waals surface area (Å²) >= 11 is 5.83. The second-order valence-electron chi connectivity index (χ2n) is 5.47. The van der Waals surface area contributed by atoms with Crippen LogP contribution in [-0.2, 0) is 11.2 Å². The summed E-state index contributed by atoms with van der Waals surface area (Å²) in [6.07, 6.45) is 0.353. The summed E-state index contributed by atoms with van der Waals surface area (Å²) in [4.78, 5) is 16.4. The van der Waals surface area contributed by atoms with E-state index < -0.39 is 0 Å². The molecule has 1 heterocycles. The van der Waals surface area contributed by atoms with E-state index >= 15 is 0 Å². The Hall–Kier alpha value is -2.59. The molecule has 122 valence electrons. The zero-order valence-electron chi connectivity index (χ0n) is 13.1. The van der Waals surface area contributed by atoms with Gasteiger partial charge in [-0.1, -0.05) is 41.9 Å². The summed E-state index contributed by atoms with van der Waals surface area (Å²) in [5.74, 6) is 0.797. The van der Waals surface area contributed by atoms with E-state index in [0.29, 0.717) is 24.5 Å². The van der Waals surface area contributed by atoms with Gasteiger partial charge in [0.15, 0.2) is 0 Å². The number of hydrogen-bond donors (Lipinski definition) is 2. The summed E-state index contributed by atoms with van der Waals surface area (Å²) in [5, 5.41) is 7.89. The maximum Gasteiger partial charge on any atom is 0.224 e. The Morgan fingerprint density at radius 3 is 2.58 bits per heavy atom. The lowest BCUT2D eigenvalue weighted by atomic mass is 10.1. The quantitative estimate of drug-likeness (QED) is 0.674. The number of carbonyl (C=O) groups excluding carboxylic acids is 1. The second kappa shape index (κ2) is 7.79. The predicted molar refractivity (Wildman–Crippen MR) is 98.4 cm³/mol. The molecule has 0 saturated heterocycles. The number of halogens is 1. The van der Waals surface area contributed by atoms with E-state index in [1.54, 1.807) is 12.1 Å². The SMILES string of the molecule is O=C(Cc1ccc(Cl)cc1)NCCNc1ccc2ccccc2n1. The molecule has 0 saturated carbocycles. The zero-order chi connectivity index (χ0) is 16.8. The third-order valence-corrected chi connectivity index (χ3v) is 3.88. The summed E-state index contributed by atoms with van der Waals surface area (Å²) in [5.41, 5.74) is 1.90. The van der Waals surface area contributed by atoms with Crippen molar-refractivity contribution < 1.29 is 4.79 Å². The van der Waals surface area contributed by atoms with Crippen LogP contribution in [0.1, 0.15) is 5.56 Å². The average Bonchev–Trinajstić information content (AvgIpc) is 2.60. The first-order valence-corrected chi connectivity index (χ1v) is 8.19. The number of carbonyl (C=O) groups is 1. The van der Waals surface area contributed by atoms with E-state index in [9.17, 15) is 4.79 Å². The van der Waals surface area contributed by atoms with Crippen LogP contribution in [0, 0.1) is 0 Å². The number of fused-ring (bicyclic) bond motifs is 1. The van der Waals surface area contributed by atoms with E-state index in [2.05, 4.69) is 15.6 Å². The van der Waals surface area contributed by atoms with Gasteiger partial charge in [0.1, 0.15) is 5.82 Å². The van der Waals surface area contributed by atoms with Gasteiger partial charge in [0, 0.05) is 23.5 Å².